The van der Waals surface area contributed by atoms with Crippen LogP contribution in [0.15, 0.2) is 30.7 Å². The summed E-state index contributed by atoms with van der Waals surface area (Å²) in [6.45, 7) is 5.25. The van der Waals surface area contributed by atoms with Crippen LogP contribution in [0.2, 0.25) is 0 Å². The highest BCUT2D eigenvalue weighted by molar-refractivity contribution is 6.01. The highest BCUT2D eigenvalue weighted by Gasteiger charge is 2.16. The molecule has 0 aliphatic carbocycles. The van der Waals surface area contributed by atoms with Crippen molar-refractivity contribution in [3.05, 3.63) is 36.3 Å². The first-order chi connectivity index (χ1) is 10.7. The van der Waals surface area contributed by atoms with Crippen molar-refractivity contribution < 1.29 is 0 Å². The zero-order valence-electron chi connectivity index (χ0n) is 12.8. The first-order valence-electron chi connectivity index (χ1n) is 7.68. The van der Waals surface area contributed by atoms with Crippen LogP contribution < -0.4 is 10.6 Å². The van der Waals surface area contributed by atoms with E-state index in [0.717, 1.165) is 35.4 Å². The van der Waals surface area contributed by atoms with E-state index < -0.39 is 0 Å². The Bertz CT molecular complexity index is 834. The Morgan fingerprint density at radius 3 is 3.00 bits per heavy atom. The fourth-order valence-corrected chi connectivity index (χ4v) is 3.03. The number of anilines is 2. The van der Waals surface area contributed by atoms with Crippen molar-refractivity contribution in [1.82, 2.24) is 15.0 Å². The van der Waals surface area contributed by atoms with Crippen LogP contribution >= 0.6 is 0 Å². The molecule has 5 nitrogen and oxygen atoms in total. The molecule has 112 valence electrons. The number of H-pyrrole nitrogens is 1. The van der Waals surface area contributed by atoms with Crippen LogP contribution in [0.25, 0.3) is 22.2 Å². The van der Waals surface area contributed by atoms with E-state index in [2.05, 4.69) is 57.6 Å². The summed E-state index contributed by atoms with van der Waals surface area (Å²) in [6, 6.07) is 6.93. The molecule has 0 unspecified atom stereocenters. The monoisotopic (exact) mass is 293 g/mol. The third kappa shape index (κ3) is 2.09. The molecule has 0 fully saturated rings. The molecule has 0 bridgehead atoms. The quantitative estimate of drug-likeness (QED) is 0.692. The Labute approximate surface area is 129 Å². The maximum atomic E-state index is 4.42. The Hall–Kier alpha value is -2.56. The number of nitrogens with zero attached hydrogens (tertiary/aromatic N) is 2. The molecule has 3 N–H and O–H groups in total. The van der Waals surface area contributed by atoms with Gasteiger partial charge in [-0.3, -0.25) is 0 Å². The lowest BCUT2D eigenvalue weighted by molar-refractivity contribution is 0.890. The highest BCUT2D eigenvalue weighted by atomic mass is 15.0. The molecule has 0 saturated heterocycles. The number of hydrogen-bond donors (Lipinski definition) is 3. The lowest BCUT2D eigenvalue weighted by atomic mass is 10.0. The number of aromatic nitrogens is 3. The number of aromatic amines is 1. The zero-order chi connectivity index (χ0) is 15.1. The van der Waals surface area contributed by atoms with Gasteiger partial charge in [0.15, 0.2) is 0 Å². The summed E-state index contributed by atoms with van der Waals surface area (Å²) in [5.41, 5.74) is 5.81. The maximum Gasteiger partial charge on any atom is 0.143 e. The molecule has 0 saturated carbocycles. The zero-order valence-corrected chi connectivity index (χ0v) is 12.8. The Morgan fingerprint density at radius 1 is 1.23 bits per heavy atom. The van der Waals surface area contributed by atoms with Gasteiger partial charge in [0.25, 0.3) is 0 Å². The topological polar surface area (TPSA) is 65.6 Å². The fourth-order valence-electron chi connectivity index (χ4n) is 3.03. The van der Waals surface area contributed by atoms with Crippen molar-refractivity contribution >= 4 is 22.5 Å². The summed E-state index contributed by atoms with van der Waals surface area (Å²) in [7, 11) is 0. The van der Waals surface area contributed by atoms with Crippen molar-refractivity contribution in [2.45, 2.75) is 26.3 Å². The first kappa shape index (κ1) is 13.1. The van der Waals surface area contributed by atoms with Crippen LogP contribution in [0.3, 0.4) is 0 Å². The first-order valence-corrected chi connectivity index (χ1v) is 7.68. The van der Waals surface area contributed by atoms with Crippen LogP contribution in [0.4, 0.5) is 11.5 Å². The molecule has 2 aromatic heterocycles. The second-order valence-corrected chi connectivity index (χ2v) is 6.00. The summed E-state index contributed by atoms with van der Waals surface area (Å²) in [6.07, 6.45) is 4.71. The molecule has 22 heavy (non-hydrogen) atoms. The van der Waals surface area contributed by atoms with E-state index in [1.54, 1.807) is 6.33 Å². The molecule has 4 rings (SSSR count). The molecule has 5 heteroatoms. The van der Waals surface area contributed by atoms with Gasteiger partial charge in [0.2, 0.25) is 0 Å². The predicted octanol–water partition coefficient (Wildman–Crippen LogP) is 3.41. The van der Waals surface area contributed by atoms with E-state index >= 15 is 0 Å². The molecule has 0 radical (unpaired) electrons. The van der Waals surface area contributed by atoms with Crippen LogP contribution in [0.5, 0.6) is 0 Å². The Balaban J connectivity index is 1.88. The molecular formula is C17H19N5. The summed E-state index contributed by atoms with van der Waals surface area (Å²) < 4.78 is 0. The molecule has 3 aromatic rings. The number of rotatable bonds is 3. The Morgan fingerprint density at radius 2 is 2.14 bits per heavy atom. The third-order valence-electron chi connectivity index (χ3n) is 4.03. The third-order valence-corrected chi connectivity index (χ3v) is 4.03. The highest BCUT2D eigenvalue weighted by Crippen LogP contribution is 2.35. The lowest BCUT2D eigenvalue weighted by Crippen LogP contribution is -2.11. The summed E-state index contributed by atoms with van der Waals surface area (Å²) in [4.78, 5) is 12.0. The van der Waals surface area contributed by atoms with Gasteiger partial charge in [0.05, 0.1) is 5.39 Å². The van der Waals surface area contributed by atoms with E-state index in [4.69, 9.17) is 0 Å². The van der Waals surface area contributed by atoms with E-state index in [-0.39, 0.29) is 0 Å². The van der Waals surface area contributed by atoms with Crippen molar-refractivity contribution in [3.63, 3.8) is 0 Å². The van der Waals surface area contributed by atoms with E-state index in [0.29, 0.717) is 6.04 Å². The normalized spacial score (nSPS) is 13.4. The van der Waals surface area contributed by atoms with Gasteiger partial charge in [-0.15, -0.1) is 0 Å². The molecular weight excluding hydrogens is 274 g/mol. The molecule has 0 spiro atoms. The number of nitrogens with one attached hydrogen (secondary N) is 3. The van der Waals surface area contributed by atoms with Crippen LogP contribution in [0.1, 0.15) is 19.4 Å². The van der Waals surface area contributed by atoms with E-state index in [1.165, 1.54) is 16.8 Å². The van der Waals surface area contributed by atoms with Crippen LogP contribution in [0, 0.1) is 0 Å². The van der Waals surface area contributed by atoms with E-state index in [9.17, 15) is 0 Å². The number of benzene rings is 1. The summed E-state index contributed by atoms with van der Waals surface area (Å²) >= 11 is 0. The lowest BCUT2D eigenvalue weighted by Gasteiger charge is -2.11. The molecule has 0 amide bonds. The minimum atomic E-state index is 0.322. The maximum absolute atomic E-state index is 4.42. The second-order valence-electron chi connectivity index (χ2n) is 6.00. The van der Waals surface area contributed by atoms with Gasteiger partial charge in [-0.2, -0.15) is 0 Å². The van der Waals surface area contributed by atoms with Crippen molar-refractivity contribution in [2.75, 3.05) is 17.2 Å². The van der Waals surface area contributed by atoms with Gasteiger partial charge in [-0.1, -0.05) is 12.1 Å². The van der Waals surface area contributed by atoms with Gasteiger partial charge in [0.1, 0.15) is 17.8 Å². The molecule has 1 aliphatic rings. The van der Waals surface area contributed by atoms with Gasteiger partial charge >= 0.3 is 0 Å². The van der Waals surface area contributed by atoms with Gasteiger partial charge in [-0.05, 0) is 37.5 Å². The van der Waals surface area contributed by atoms with Crippen molar-refractivity contribution in [1.29, 1.82) is 0 Å². The Kier molecular flexibility index (Phi) is 2.99. The SMILES string of the molecule is CC(C)Nc1ncnc2[nH]cc(-c3ccc4c(c3)NCC4)c12. The van der Waals surface area contributed by atoms with Crippen molar-refractivity contribution in [2.24, 2.45) is 0 Å². The fraction of sp³-hybridized carbons (Fsp3) is 0.294. The van der Waals surface area contributed by atoms with E-state index in [1.807, 2.05) is 6.20 Å². The largest absolute Gasteiger partial charge is 0.384 e. The van der Waals surface area contributed by atoms with Gasteiger partial charge in [0, 0.05) is 30.0 Å². The van der Waals surface area contributed by atoms with Crippen molar-refractivity contribution in [3.8, 4) is 11.1 Å². The van der Waals surface area contributed by atoms with Crippen LogP contribution in [-0.4, -0.2) is 27.5 Å². The standard InChI is InChI=1S/C17H19N5/c1-10(2)22-17-15-13(8-19-16(15)20-9-21-17)12-4-3-11-5-6-18-14(11)7-12/h3-4,7-10,18H,5-6H2,1-2H3,(H2,19,20,21,22). The molecule has 3 heterocycles. The summed E-state index contributed by atoms with van der Waals surface area (Å²) in [5, 5.41) is 7.90. The molecule has 1 aliphatic heterocycles. The minimum Gasteiger partial charge on any atom is -0.384 e. The summed E-state index contributed by atoms with van der Waals surface area (Å²) in [5.74, 6) is 0.879. The minimum absolute atomic E-state index is 0.322. The molecule has 1 aromatic carbocycles. The number of hydrogen-bond acceptors (Lipinski definition) is 4. The average molecular weight is 293 g/mol. The predicted molar refractivity (Wildman–Crippen MR) is 90.3 cm³/mol. The van der Waals surface area contributed by atoms with Gasteiger partial charge in [-0.25, -0.2) is 9.97 Å². The average Bonchev–Trinajstić information content (AvgIpc) is 3.12. The van der Waals surface area contributed by atoms with Crippen LogP contribution in [-0.2, 0) is 6.42 Å². The number of fused-ring (bicyclic) bond motifs is 2. The molecule has 0 atom stereocenters. The second kappa shape index (κ2) is 5.02. The van der Waals surface area contributed by atoms with Gasteiger partial charge < -0.3 is 15.6 Å². The smallest absolute Gasteiger partial charge is 0.143 e.